The van der Waals surface area contributed by atoms with E-state index in [9.17, 15) is 9.90 Å². The van der Waals surface area contributed by atoms with Crippen LogP contribution in [0, 0.1) is 0 Å². The molecular weight excluding hydrogens is 350 g/mol. The van der Waals surface area contributed by atoms with E-state index < -0.39 is 16.4 Å². The molecule has 0 fully saturated rings. The van der Waals surface area contributed by atoms with E-state index in [0.29, 0.717) is 12.2 Å². The lowest BCUT2D eigenvalue weighted by atomic mass is 10.1. The van der Waals surface area contributed by atoms with E-state index in [2.05, 4.69) is 36.2 Å². The van der Waals surface area contributed by atoms with Crippen molar-refractivity contribution in [3.05, 3.63) is 60.7 Å². The first kappa shape index (κ1) is 20.2. The van der Waals surface area contributed by atoms with Crippen LogP contribution in [0.1, 0.15) is 10.4 Å². The predicted octanol–water partition coefficient (Wildman–Crippen LogP) is 2.70. The Morgan fingerprint density at radius 1 is 1.12 bits per heavy atom. The Morgan fingerprint density at radius 3 is 2.00 bits per heavy atom. The molecule has 0 aromatic heterocycles. The Labute approximate surface area is 144 Å². The molecule has 8 nitrogen and oxygen atoms in total. The minimum Gasteiger partial charge on any atom is -0.505 e. The van der Waals surface area contributed by atoms with Crippen LogP contribution in [0.25, 0.3) is 11.1 Å². The second kappa shape index (κ2) is 8.83. The molecule has 0 heterocycles. The number of aromatic carboxylic acids is 1. The van der Waals surface area contributed by atoms with Crippen LogP contribution in [0.15, 0.2) is 55.1 Å². The van der Waals surface area contributed by atoms with Gasteiger partial charge in [-0.15, -0.1) is 6.58 Å². The van der Waals surface area contributed by atoms with E-state index in [4.69, 9.17) is 22.6 Å². The number of aromatic hydroxyl groups is 1. The Balaban J connectivity index is 0.000000230. The number of phenols is 1. The van der Waals surface area contributed by atoms with Crippen LogP contribution in [-0.2, 0) is 10.4 Å². The van der Waals surface area contributed by atoms with Crippen molar-refractivity contribution in [2.45, 2.75) is 0 Å². The van der Waals surface area contributed by atoms with Gasteiger partial charge in [0.05, 0.1) is 5.69 Å². The van der Waals surface area contributed by atoms with Gasteiger partial charge in [-0.05, 0) is 29.3 Å². The number of benzene rings is 2. The summed E-state index contributed by atoms with van der Waals surface area (Å²) in [6.07, 6.45) is 1.62. The highest BCUT2D eigenvalue weighted by atomic mass is 32.3. The molecule has 1 aromatic carbocycles. The molecule has 2 aliphatic carbocycles. The molecule has 0 bridgehead atoms. The minimum absolute atomic E-state index is 0.112. The summed E-state index contributed by atoms with van der Waals surface area (Å²) in [5.74, 6) is -1.40. The number of rotatable bonds is 4. The molecule has 9 heteroatoms. The maximum Gasteiger partial charge on any atom is 0.394 e. The molecule has 0 amide bonds. The average Bonchev–Trinajstić information content (AvgIpc) is 3.11. The van der Waals surface area contributed by atoms with Gasteiger partial charge < -0.3 is 15.5 Å². The molecule has 0 radical (unpaired) electrons. The molecule has 2 aliphatic rings. The summed E-state index contributed by atoms with van der Waals surface area (Å²) >= 11 is 0. The lowest BCUT2D eigenvalue weighted by molar-refractivity contribution is 0.0693. The van der Waals surface area contributed by atoms with E-state index in [1.54, 1.807) is 18.2 Å². The monoisotopic (exact) mass is 367 g/mol. The van der Waals surface area contributed by atoms with E-state index in [1.165, 1.54) is 17.2 Å². The van der Waals surface area contributed by atoms with E-state index in [-0.39, 0.29) is 11.3 Å². The highest BCUT2D eigenvalue weighted by Crippen LogP contribution is 2.32. The molecule has 3 rings (SSSR count). The van der Waals surface area contributed by atoms with Gasteiger partial charge in [0.1, 0.15) is 5.56 Å². The van der Waals surface area contributed by atoms with Crippen LogP contribution in [0.4, 0.5) is 5.69 Å². The van der Waals surface area contributed by atoms with Crippen molar-refractivity contribution in [1.82, 2.24) is 0 Å². The third-order valence-corrected chi connectivity index (χ3v) is 2.82. The van der Waals surface area contributed by atoms with Crippen LogP contribution in [0.3, 0.4) is 0 Å². The number of carbonyl (C=O) groups is 1. The molecule has 0 saturated carbocycles. The lowest BCUT2D eigenvalue weighted by Gasteiger charge is -2.07. The van der Waals surface area contributed by atoms with Gasteiger partial charge >= 0.3 is 16.4 Å². The number of carboxylic acid groups (broad SMARTS) is 1. The van der Waals surface area contributed by atoms with Gasteiger partial charge in [-0.3, -0.25) is 9.11 Å². The number of fused-ring (bicyclic) bond motifs is 1. The fourth-order valence-corrected chi connectivity index (χ4v) is 1.72. The van der Waals surface area contributed by atoms with Gasteiger partial charge in [0.15, 0.2) is 5.75 Å². The summed E-state index contributed by atoms with van der Waals surface area (Å²) in [5, 5.41) is 21.0. The SMILES string of the molecule is C=CCNc1cccc(C(=O)O)c1O.O=S(=O)(O)O.c1cc2cc-2c1. The number of hydrogen-bond donors (Lipinski definition) is 5. The zero-order valence-corrected chi connectivity index (χ0v) is 13.8. The Morgan fingerprint density at radius 2 is 1.64 bits per heavy atom. The number of nitrogens with one attached hydrogen (secondary N) is 1. The highest BCUT2D eigenvalue weighted by molar-refractivity contribution is 7.79. The predicted molar refractivity (Wildman–Crippen MR) is 93.4 cm³/mol. The van der Waals surface area contributed by atoms with Crippen molar-refractivity contribution < 1.29 is 32.5 Å². The number of carboxylic acids is 1. The fraction of sp³-hybridized carbons (Fsp3) is 0.0625. The van der Waals surface area contributed by atoms with Crippen LogP contribution in [0.2, 0.25) is 0 Å². The first-order valence-electron chi connectivity index (χ1n) is 6.84. The van der Waals surface area contributed by atoms with E-state index in [0.717, 1.165) is 0 Å². The summed E-state index contributed by atoms with van der Waals surface area (Å²) in [6, 6.07) is 13.0. The number of para-hydroxylation sites is 1. The summed E-state index contributed by atoms with van der Waals surface area (Å²) in [7, 11) is -4.67. The molecule has 5 N–H and O–H groups in total. The zero-order chi connectivity index (χ0) is 19.0. The van der Waals surface area contributed by atoms with Crippen molar-refractivity contribution in [2.75, 3.05) is 11.9 Å². The van der Waals surface area contributed by atoms with Gasteiger partial charge in [0, 0.05) is 6.54 Å². The smallest absolute Gasteiger partial charge is 0.394 e. The molecule has 0 spiro atoms. The van der Waals surface area contributed by atoms with Gasteiger partial charge in [0.25, 0.3) is 0 Å². The average molecular weight is 367 g/mol. The van der Waals surface area contributed by atoms with Gasteiger partial charge in [-0.1, -0.05) is 30.3 Å². The molecule has 0 saturated heterocycles. The van der Waals surface area contributed by atoms with Gasteiger partial charge in [-0.2, -0.15) is 8.42 Å². The largest absolute Gasteiger partial charge is 0.505 e. The maximum atomic E-state index is 10.6. The summed E-state index contributed by atoms with van der Waals surface area (Å²) in [6.45, 7) is 3.97. The van der Waals surface area contributed by atoms with Crippen molar-refractivity contribution in [3.63, 3.8) is 0 Å². The molecule has 1 aromatic rings. The molecule has 25 heavy (non-hydrogen) atoms. The Bertz CT molecular complexity index is 837. The third-order valence-electron chi connectivity index (χ3n) is 2.82. The van der Waals surface area contributed by atoms with Gasteiger partial charge in [0.2, 0.25) is 0 Å². The summed E-state index contributed by atoms with van der Waals surface area (Å²) in [4.78, 5) is 10.6. The molecular formula is C16H17NO7S. The molecule has 0 aliphatic heterocycles. The standard InChI is InChI=1S/C10H11NO3.C6H4.H2O4S/c1-2-6-11-8-5-3-4-7(9(8)12)10(13)14;1-2-5-4-6(5)3-1;1-5(2,3)4/h2-5,11-12H,1,6H2,(H,13,14);1-4H;(H2,1,2,3,4). The molecule has 134 valence electrons. The number of hydrogen-bond acceptors (Lipinski definition) is 5. The third kappa shape index (κ3) is 7.97. The second-order valence-corrected chi connectivity index (χ2v) is 5.60. The van der Waals surface area contributed by atoms with Crippen LogP contribution in [-0.4, -0.2) is 40.3 Å². The van der Waals surface area contributed by atoms with Crippen molar-refractivity contribution in [3.8, 4) is 16.9 Å². The quantitative estimate of drug-likeness (QED) is 0.269. The topological polar surface area (TPSA) is 144 Å². The Kier molecular flexibility index (Phi) is 7.12. The Hall–Kier alpha value is -2.88. The van der Waals surface area contributed by atoms with Crippen molar-refractivity contribution in [2.24, 2.45) is 0 Å². The van der Waals surface area contributed by atoms with Crippen LogP contribution in [0.5, 0.6) is 5.75 Å². The van der Waals surface area contributed by atoms with E-state index >= 15 is 0 Å². The van der Waals surface area contributed by atoms with E-state index in [1.807, 2.05) is 0 Å². The lowest BCUT2D eigenvalue weighted by Crippen LogP contribution is -2.02. The van der Waals surface area contributed by atoms with Crippen molar-refractivity contribution in [1.29, 1.82) is 0 Å². The summed E-state index contributed by atoms with van der Waals surface area (Å²) < 4.78 is 31.6. The molecule has 0 atom stereocenters. The minimum atomic E-state index is -4.67. The normalized spacial score (nSPS) is 10.3. The zero-order valence-electron chi connectivity index (χ0n) is 13.0. The highest BCUT2D eigenvalue weighted by Gasteiger charge is 2.11. The first-order chi connectivity index (χ1) is 11.6. The number of anilines is 1. The fourth-order valence-electron chi connectivity index (χ4n) is 1.72. The maximum absolute atomic E-state index is 10.6. The van der Waals surface area contributed by atoms with Gasteiger partial charge in [-0.25, -0.2) is 4.79 Å². The van der Waals surface area contributed by atoms with Crippen LogP contribution < -0.4 is 5.32 Å². The molecule has 0 unspecified atom stereocenters. The first-order valence-corrected chi connectivity index (χ1v) is 8.23. The summed E-state index contributed by atoms with van der Waals surface area (Å²) in [5.41, 5.74) is 3.13. The second-order valence-electron chi connectivity index (χ2n) is 4.71. The van der Waals surface area contributed by atoms with Crippen LogP contribution >= 0.6 is 0 Å². The van der Waals surface area contributed by atoms with Crippen molar-refractivity contribution >= 4 is 22.1 Å².